The van der Waals surface area contributed by atoms with Crippen LogP contribution in [0.25, 0.3) is 0 Å². The number of carbonyl (C=O) groups is 1. The molecule has 0 unspecified atom stereocenters. The van der Waals surface area contributed by atoms with E-state index in [0.29, 0.717) is 34.4 Å². The van der Waals surface area contributed by atoms with Gasteiger partial charge < -0.3 is 15.2 Å². The molecule has 1 fully saturated rings. The van der Waals surface area contributed by atoms with Crippen molar-refractivity contribution in [3.8, 4) is 0 Å². The summed E-state index contributed by atoms with van der Waals surface area (Å²) >= 11 is 7.58. The monoisotopic (exact) mass is 483 g/mol. The average Bonchev–Trinajstić information content (AvgIpc) is 3.34. The van der Waals surface area contributed by atoms with E-state index in [9.17, 15) is 9.90 Å². The van der Waals surface area contributed by atoms with Crippen LogP contribution in [0.5, 0.6) is 0 Å². The molecule has 4 heterocycles. The van der Waals surface area contributed by atoms with Crippen LogP contribution in [0, 0.1) is 19.8 Å². The number of aliphatic hydroxyl groups excluding tert-OH is 1. The second-order valence-electron chi connectivity index (χ2n) is 8.58. The number of nitrogens with zero attached hydrogens (tertiary/aromatic N) is 3. The Morgan fingerprint density at radius 1 is 1.27 bits per heavy atom. The van der Waals surface area contributed by atoms with Crippen molar-refractivity contribution in [2.24, 2.45) is 5.92 Å². The number of pyridine rings is 1. The zero-order chi connectivity index (χ0) is 23.1. The SMILES string of the molecule is [CH2][C@@H]1C[C@@H](Nc2ncncc2C(=O)c2cc([C@H]3OCCc4cnc(Cl)cc43)c(C)s2)C[C@@H]1O. The van der Waals surface area contributed by atoms with E-state index in [0.717, 1.165) is 34.4 Å². The molecule has 33 heavy (non-hydrogen) atoms. The van der Waals surface area contributed by atoms with Gasteiger partial charge in [0.15, 0.2) is 0 Å². The van der Waals surface area contributed by atoms with Gasteiger partial charge in [0.1, 0.15) is 23.4 Å². The summed E-state index contributed by atoms with van der Waals surface area (Å²) in [6.07, 6.45) is 6.10. The smallest absolute Gasteiger partial charge is 0.208 e. The number of ketones is 1. The first-order valence-corrected chi connectivity index (χ1v) is 12.1. The Morgan fingerprint density at radius 3 is 2.91 bits per heavy atom. The number of halogens is 1. The maximum absolute atomic E-state index is 13.5. The van der Waals surface area contributed by atoms with Crippen LogP contribution >= 0.6 is 22.9 Å². The van der Waals surface area contributed by atoms with Gasteiger partial charge in [-0.25, -0.2) is 15.0 Å². The number of aryl methyl sites for hydroxylation is 1. The predicted octanol–water partition coefficient (Wildman–Crippen LogP) is 4.17. The maximum atomic E-state index is 13.5. The van der Waals surface area contributed by atoms with Crippen molar-refractivity contribution < 1.29 is 14.6 Å². The average molecular weight is 484 g/mol. The number of ether oxygens (including phenoxy) is 1. The highest BCUT2D eigenvalue weighted by atomic mass is 35.5. The molecule has 0 amide bonds. The lowest BCUT2D eigenvalue weighted by Gasteiger charge is -2.26. The van der Waals surface area contributed by atoms with Crippen LogP contribution in [-0.2, 0) is 11.2 Å². The van der Waals surface area contributed by atoms with E-state index in [2.05, 4.69) is 27.2 Å². The highest BCUT2D eigenvalue weighted by Gasteiger charge is 2.32. The van der Waals surface area contributed by atoms with E-state index in [4.69, 9.17) is 16.3 Å². The van der Waals surface area contributed by atoms with Crippen LogP contribution in [0.15, 0.2) is 30.9 Å². The number of aliphatic hydroxyl groups is 1. The van der Waals surface area contributed by atoms with Crippen molar-refractivity contribution in [1.29, 1.82) is 0 Å². The molecular weight excluding hydrogens is 460 g/mol. The molecule has 1 aliphatic carbocycles. The number of aromatic nitrogens is 3. The van der Waals surface area contributed by atoms with Crippen molar-refractivity contribution in [3.05, 3.63) is 74.9 Å². The van der Waals surface area contributed by atoms with Crippen LogP contribution in [-0.4, -0.2) is 44.6 Å². The van der Waals surface area contributed by atoms with E-state index in [1.807, 2.05) is 19.1 Å². The van der Waals surface area contributed by atoms with Gasteiger partial charge in [-0.3, -0.25) is 4.79 Å². The summed E-state index contributed by atoms with van der Waals surface area (Å²) in [5.74, 6) is 0.296. The van der Waals surface area contributed by atoms with Gasteiger partial charge >= 0.3 is 0 Å². The second kappa shape index (κ2) is 9.10. The molecule has 2 aliphatic rings. The summed E-state index contributed by atoms with van der Waals surface area (Å²) in [6.45, 7) is 6.56. The van der Waals surface area contributed by atoms with E-state index < -0.39 is 6.10 Å². The number of thiophene rings is 1. The number of rotatable bonds is 5. The summed E-state index contributed by atoms with van der Waals surface area (Å²) in [5.41, 5.74) is 3.47. The van der Waals surface area contributed by atoms with Crippen LogP contribution in [0.2, 0.25) is 5.15 Å². The van der Waals surface area contributed by atoms with Gasteiger partial charge in [-0.15, -0.1) is 11.3 Å². The van der Waals surface area contributed by atoms with Crippen molar-refractivity contribution in [3.63, 3.8) is 0 Å². The molecule has 3 aromatic heterocycles. The standard InChI is InChI=1S/C24H24ClN4O3S/c1-12-5-15(6-19(12)30)29-24-18(10-26-11-28-24)22(31)20-7-16(13(2)33-20)23-17-8-21(25)27-9-14(17)3-4-32-23/h7-12,15,19,23,30H,1,3-6H2,2H3,(H,26,28,29)/t12-,15-,19+,23-/m1/s1. The summed E-state index contributed by atoms with van der Waals surface area (Å²) < 4.78 is 6.10. The van der Waals surface area contributed by atoms with E-state index in [1.165, 1.54) is 23.9 Å². The number of carbonyl (C=O) groups excluding carboxylic acids is 1. The molecule has 0 bridgehead atoms. The summed E-state index contributed by atoms with van der Waals surface area (Å²) in [4.78, 5) is 27.7. The largest absolute Gasteiger partial charge is 0.393 e. The lowest BCUT2D eigenvalue weighted by molar-refractivity contribution is 0.0695. The minimum atomic E-state index is -0.451. The molecule has 1 aliphatic heterocycles. The third-order valence-electron chi connectivity index (χ3n) is 6.35. The molecule has 9 heteroatoms. The lowest BCUT2D eigenvalue weighted by atomic mass is 9.94. The highest BCUT2D eigenvalue weighted by molar-refractivity contribution is 7.14. The molecule has 2 N–H and O–H groups in total. The van der Waals surface area contributed by atoms with Crippen molar-refractivity contribution in [1.82, 2.24) is 15.0 Å². The molecule has 171 valence electrons. The van der Waals surface area contributed by atoms with Crippen LogP contribution < -0.4 is 5.32 Å². The van der Waals surface area contributed by atoms with Crippen LogP contribution in [0.4, 0.5) is 5.82 Å². The zero-order valence-corrected chi connectivity index (χ0v) is 19.7. The van der Waals surface area contributed by atoms with E-state index in [-0.39, 0.29) is 23.8 Å². The Kier molecular flexibility index (Phi) is 6.18. The first-order valence-electron chi connectivity index (χ1n) is 10.9. The number of anilines is 1. The summed E-state index contributed by atoms with van der Waals surface area (Å²) in [6, 6.07) is 3.76. The Balaban J connectivity index is 1.43. The van der Waals surface area contributed by atoms with Gasteiger partial charge in [0, 0.05) is 23.3 Å². The zero-order valence-electron chi connectivity index (χ0n) is 18.1. The summed E-state index contributed by atoms with van der Waals surface area (Å²) in [7, 11) is 0. The van der Waals surface area contributed by atoms with Gasteiger partial charge in [0.05, 0.1) is 23.2 Å². The quantitative estimate of drug-likeness (QED) is 0.415. The number of fused-ring (bicyclic) bond motifs is 1. The van der Waals surface area contributed by atoms with Crippen molar-refractivity contribution in [2.45, 2.75) is 44.4 Å². The van der Waals surface area contributed by atoms with Crippen LogP contribution in [0.3, 0.4) is 0 Å². The Labute approximate surface area is 201 Å². The third kappa shape index (κ3) is 4.40. The molecule has 0 saturated heterocycles. The molecule has 1 saturated carbocycles. The second-order valence-corrected chi connectivity index (χ2v) is 10.2. The van der Waals surface area contributed by atoms with E-state index >= 15 is 0 Å². The van der Waals surface area contributed by atoms with Gasteiger partial charge in [-0.1, -0.05) is 11.6 Å². The fourth-order valence-corrected chi connectivity index (χ4v) is 5.75. The van der Waals surface area contributed by atoms with Gasteiger partial charge in [0.25, 0.3) is 0 Å². The third-order valence-corrected chi connectivity index (χ3v) is 7.62. The normalized spacial score (nSPS) is 24.5. The van der Waals surface area contributed by atoms with Gasteiger partial charge in [-0.05, 0) is 67.9 Å². The summed E-state index contributed by atoms with van der Waals surface area (Å²) in [5, 5.41) is 13.8. The Bertz CT molecular complexity index is 1190. The minimum absolute atomic E-state index is 0.00933. The fraction of sp³-hybridized carbons (Fsp3) is 0.375. The van der Waals surface area contributed by atoms with Crippen molar-refractivity contribution in [2.75, 3.05) is 11.9 Å². The molecule has 0 aromatic carbocycles. The first kappa shape index (κ1) is 22.4. The number of hydrogen-bond donors (Lipinski definition) is 2. The molecule has 1 radical (unpaired) electrons. The topological polar surface area (TPSA) is 97.2 Å². The molecular formula is C24H24ClN4O3S. The molecule has 3 aromatic rings. The van der Waals surface area contributed by atoms with Crippen molar-refractivity contribution >= 4 is 34.5 Å². The molecule has 7 nitrogen and oxygen atoms in total. The number of hydrogen-bond acceptors (Lipinski definition) is 8. The van der Waals surface area contributed by atoms with Gasteiger partial charge in [0.2, 0.25) is 5.78 Å². The maximum Gasteiger partial charge on any atom is 0.208 e. The van der Waals surface area contributed by atoms with Gasteiger partial charge in [-0.2, -0.15) is 0 Å². The first-order chi connectivity index (χ1) is 15.9. The molecule has 0 spiro atoms. The molecule has 4 atom stereocenters. The highest BCUT2D eigenvalue weighted by Crippen LogP contribution is 2.39. The molecule has 5 rings (SSSR count). The lowest BCUT2D eigenvalue weighted by Crippen LogP contribution is -2.20. The van der Waals surface area contributed by atoms with E-state index in [1.54, 1.807) is 6.20 Å². The minimum Gasteiger partial charge on any atom is -0.393 e. The number of nitrogens with one attached hydrogen (secondary N) is 1. The predicted molar refractivity (Wildman–Crippen MR) is 127 cm³/mol. The Hall–Kier alpha value is -2.39. The fourth-order valence-electron chi connectivity index (χ4n) is 4.59. The van der Waals surface area contributed by atoms with Crippen LogP contribution in [0.1, 0.15) is 55.7 Å². The Morgan fingerprint density at radius 2 is 2.12 bits per heavy atom.